The molecule has 2 amide bonds. The number of benzene rings is 1. The van der Waals surface area contributed by atoms with E-state index in [1.807, 2.05) is 24.3 Å². The van der Waals surface area contributed by atoms with E-state index in [9.17, 15) is 9.59 Å². The first-order valence-corrected chi connectivity index (χ1v) is 10.2. The highest BCUT2D eigenvalue weighted by Crippen LogP contribution is 2.28. The molecule has 0 spiro atoms. The van der Waals surface area contributed by atoms with Gasteiger partial charge in [-0.25, -0.2) is 4.79 Å². The Morgan fingerprint density at radius 1 is 1.00 bits per heavy atom. The summed E-state index contributed by atoms with van der Waals surface area (Å²) in [5.74, 6) is -0.172. The van der Waals surface area contributed by atoms with E-state index < -0.39 is 11.4 Å². The molecule has 0 atom stereocenters. The van der Waals surface area contributed by atoms with Gasteiger partial charge in [-0.3, -0.25) is 4.79 Å². The Morgan fingerprint density at radius 2 is 1.50 bits per heavy atom. The Bertz CT molecular complexity index is 669. The first-order chi connectivity index (χ1) is 12.7. The topological polar surface area (TPSA) is 53.1 Å². The largest absolute Gasteiger partial charge is 0.445 e. The molecule has 1 rings (SSSR count). The standard InChI is InChI=1S/C20H31BIN3O3/c1-19(2,3)25(22)16-10-8-15(9-11-16)14-28-18(27)24(7)13-12-23(6)17(26)20(4,5)21/h8-11H,12-14H2,1-7H3. The van der Waals surface area contributed by atoms with E-state index in [2.05, 4.69) is 46.7 Å². The van der Waals surface area contributed by atoms with Crippen LogP contribution in [0.1, 0.15) is 40.2 Å². The van der Waals surface area contributed by atoms with E-state index in [1.165, 1.54) is 9.80 Å². The molecule has 0 heterocycles. The van der Waals surface area contributed by atoms with Crippen LogP contribution in [0.2, 0.25) is 5.31 Å². The van der Waals surface area contributed by atoms with Gasteiger partial charge < -0.3 is 17.6 Å². The summed E-state index contributed by atoms with van der Waals surface area (Å²) in [6.45, 7) is 10.7. The summed E-state index contributed by atoms with van der Waals surface area (Å²) in [5, 5.41) is -0.930. The normalized spacial score (nSPS) is 11.7. The maximum absolute atomic E-state index is 12.2. The van der Waals surface area contributed by atoms with Crippen LogP contribution >= 0.6 is 22.9 Å². The van der Waals surface area contributed by atoms with Gasteiger partial charge in [-0.1, -0.05) is 26.0 Å². The smallest absolute Gasteiger partial charge is 0.409 e. The van der Waals surface area contributed by atoms with Crippen molar-refractivity contribution in [3.63, 3.8) is 0 Å². The van der Waals surface area contributed by atoms with Crippen LogP contribution < -0.4 is 3.11 Å². The van der Waals surface area contributed by atoms with Crippen molar-refractivity contribution >= 4 is 48.4 Å². The zero-order valence-electron chi connectivity index (χ0n) is 18.0. The number of anilines is 1. The highest BCUT2D eigenvalue weighted by molar-refractivity contribution is 14.1. The zero-order valence-corrected chi connectivity index (χ0v) is 20.1. The first kappa shape index (κ1) is 24.6. The van der Waals surface area contributed by atoms with Crippen LogP contribution in [0.15, 0.2) is 24.3 Å². The molecule has 2 radical (unpaired) electrons. The summed E-state index contributed by atoms with van der Waals surface area (Å²) in [6, 6.07) is 7.94. The van der Waals surface area contributed by atoms with Crippen LogP contribution in [-0.2, 0) is 16.1 Å². The predicted molar refractivity (Wildman–Crippen MR) is 123 cm³/mol. The fourth-order valence-electron chi connectivity index (χ4n) is 2.35. The first-order valence-electron chi connectivity index (χ1n) is 9.20. The third-order valence-corrected chi connectivity index (χ3v) is 6.10. The van der Waals surface area contributed by atoms with E-state index in [0.29, 0.717) is 13.1 Å². The highest BCUT2D eigenvalue weighted by atomic mass is 127. The fourth-order valence-corrected chi connectivity index (χ4v) is 2.67. The lowest BCUT2D eigenvalue weighted by Crippen LogP contribution is -2.40. The van der Waals surface area contributed by atoms with Crippen molar-refractivity contribution in [3.05, 3.63) is 29.8 Å². The SMILES string of the molecule is [B]C(C)(C)C(=O)N(C)CCN(C)C(=O)OCc1ccc(N(I)C(C)(C)C)cc1. The summed E-state index contributed by atoms with van der Waals surface area (Å²) < 4.78 is 7.52. The number of hydrogen-bond acceptors (Lipinski definition) is 4. The van der Waals surface area contributed by atoms with Gasteiger partial charge in [0.15, 0.2) is 0 Å². The Morgan fingerprint density at radius 3 is 1.96 bits per heavy atom. The van der Waals surface area contributed by atoms with Crippen molar-refractivity contribution < 1.29 is 14.3 Å². The van der Waals surface area contributed by atoms with Crippen molar-refractivity contribution in [3.8, 4) is 0 Å². The number of hydrogen-bond donors (Lipinski definition) is 0. The molecule has 154 valence electrons. The molecule has 0 aliphatic heterocycles. The third kappa shape index (κ3) is 7.52. The number of amides is 2. The molecule has 6 nitrogen and oxygen atoms in total. The molecule has 28 heavy (non-hydrogen) atoms. The minimum atomic E-state index is -0.930. The van der Waals surface area contributed by atoms with Crippen LogP contribution in [-0.4, -0.2) is 62.4 Å². The van der Waals surface area contributed by atoms with Gasteiger partial charge in [-0.2, -0.15) is 0 Å². The van der Waals surface area contributed by atoms with Crippen LogP contribution in [0.3, 0.4) is 0 Å². The molecule has 0 aliphatic rings. The van der Waals surface area contributed by atoms with Crippen LogP contribution in [0, 0.1) is 0 Å². The molecular formula is C20H31BIN3O3. The second-order valence-electron chi connectivity index (χ2n) is 8.54. The molecule has 0 aliphatic carbocycles. The van der Waals surface area contributed by atoms with Crippen LogP contribution in [0.5, 0.6) is 0 Å². The lowest BCUT2D eigenvalue weighted by atomic mass is 9.71. The average Bonchev–Trinajstić information content (AvgIpc) is 2.61. The molecule has 0 bridgehead atoms. The molecule has 0 N–H and O–H groups in total. The van der Waals surface area contributed by atoms with Gasteiger partial charge in [0.25, 0.3) is 0 Å². The Balaban J connectivity index is 2.50. The summed E-state index contributed by atoms with van der Waals surface area (Å²) in [5.41, 5.74) is 2.03. The van der Waals surface area contributed by atoms with Crippen molar-refractivity contribution in [1.29, 1.82) is 0 Å². The molecule has 0 saturated carbocycles. The van der Waals surface area contributed by atoms with Gasteiger partial charge >= 0.3 is 6.09 Å². The Labute approximate surface area is 184 Å². The van der Waals surface area contributed by atoms with Gasteiger partial charge in [0.2, 0.25) is 5.91 Å². The van der Waals surface area contributed by atoms with E-state index in [4.69, 9.17) is 12.6 Å². The minimum Gasteiger partial charge on any atom is -0.445 e. The molecule has 0 unspecified atom stereocenters. The second kappa shape index (κ2) is 9.85. The van der Waals surface area contributed by atoms with Gasteiger partial charge in [0, 0.05) is 43.7 Å². The quantitative estimate of drug-likeness (QED) is 0.323. The van der Waals surface area contributed by atoms with E-state index in [0.717, 1.165) is 11.3 Å². The van der Waals surface area contributed by atoms with E-state index >= 15 is 0 Å². The van der Waals surface area contributed by atoms with Crippen molar-refractivity contribution in [2.24, 2.45) is 0 Å². The second-order valence-corrected chi connectivity index (χ2v) is 9.51. The Kier molecular flexibility index (Phi) is 8.65. The summed E-state index contributed by atoms with van der Waals surface area (Å²) in [4.78, 5) is 27.2. The van der Waals surface area contributed by atoms with E-state index in [1.54, 1.807) is 27.9 Å². The number of rotatable bonds is 7. The number of nitrogens with zero attached hydrogens (tertiary/aromatic N) is 3. The van der Waals surface area contributed by atoms with Gasteiger partial charge in [-0.05, 0) is 38.5 Å². The molecule has 0 fully saturated rings. The molecule has 8 heteroatoms. The maximum atomic E-state index is 12.2. The molecule has 1 aromatic carbocycles. The van der Waals surface area contributed by atoms with Crippen LogP contribution in [0.25, 0.3) is 0 Å². The number of carbonyl (C=O) groups excluding carboxylic acids is 2. The number of likely N-dealkylation sites (N-methyl/N-ethyl adjacent to an activating group) is 2. The van der Waals surface area contributed by atoms with Gasteiger partial charge in [0.05, 0.1) is 30.7 Å². The minimum absolute atomic E-state index is 0.0188. The molecule has 0 saturated heterocycles. The number of carbonyl (C=O) groups is 2. The third-order valence-electron chi connectivity index (χ3n) is 4.09. The lowest BCUT2D eigenvalue weighted by molar-refractivity contribution is -0.132. The lowest BCUT2D eigenvalue weighted by Gasteiger charge is -2.31. The number of ether oxygens (including phenoxy) is 1. The fraction of sp³-hybridized carbons (Fsp3) is 0.600. The summed E-state index contributed by atoms with van der Waals surface area (Å²) in [7, 11) is 9.13. The van der Waals surface area contributed by atoms with Crippen LogP contribution in [0.4, 0.5) is 10.5 Å². The van der Waals surface area contributed by atoms with Crippen molar-refractivity contribution in [2.45, 2.75) is 52.1 Å². The maximum Gasteiger partial charge on any atom is 0.409 e. The number of halogens is 1. The molecular weight excluding hydrogens is 468 g/mol. The predicted octanol–water partition coefficient (Wildman–Crippen LogP) is 4.04. The monoisotopic (exact) mass is 499 g/mol. The van der Waals surface area contributed by atoms with Gasteiger partial charge in [-0.15, -0.1) is 0 Å². The summed E-state index contributed by atoms with van der Waals surface area (Å²) >= 11 is 2.30. The average molecular weight is 499 g/mol. The zero-order chi connectivity index (χ0) is 21.7. The van der Waals surface area contributed by atoms with E-state index in [-0.39, 0.29) is 18.1 Å². The Hall–Kier alpha value is -1.45. The van der Waals surface area contributed by atoms with Crippen molar-refractivity contribution in [1.82, 2.24) is 9.80 Å². The summed E-state index contributed by atoms with van der Waals surface area (Å²) in [6.07, 6.45) is -0.429. The molecule has 0 aromatic heterocycles. The highest BCUT2D eigenvalue weighted by Gasteiger charge is 2.24. The van der Waals surface area contributed by atoms with Gasteiger partial charge in [0.1, 0.15) is 6.61 Å². The van der Waals surface area contributed by atoms with Crippen molar-refractivity contribution in [2.75, 3.05) is 30.3 Å². The molecule has 1 aromatic rings.